The van der Waals surface area contributed by atoms with Gasteiger partial charge in [-0.15, -0.1) is 0 Å². The maximum Gasteiger partial charge on any atom is 0.262 e. The maximum atomic E-state index is 12.1. The summed E-state index contributed by atoms with van der Waals surface area (Å²) in [7, 11) is 0. The zero-order valence-corrected chi connectivity index (χ0v) is 14.0. The lowest BCUT2D eigenvalue weighted by Gasteiger charge is -2.11. The van der Waals surface area contributed by atoms with Gasteiger partial charge in [-0.2, -0.15) is 0 Å². The second kappa shape index (κ2) is 7.48. The van der Waals surface area contributed by atoms with Gasteiger partial charge in [0.15, 0.2) is 0 Å². The molecule has 0 aliphatic rings. The molecule has 0 saturated carbocycles. The summed E-state index contributed by atoms with van der Waals surface area (Å²) in [6.07, 6.45) is 1.36. The van der Waals surface area contributed by atoms with Crippen LogP contribution in [-0.4, -0.2) is 11.1 Å². The van der Waals surface area contributed by atoms with Crippen molar-refractivity contribution in [2.75, 3.05) is 5.32 Å². The number of aliphatic imine (C=N–C) groups is 1. The second-order valence-electron chi connectivity index (χ2n) is 5.76. The molecule has 3 rings (SSSR count). The summed E-state index contributed by atoms with van der Waals surface area (Å²) in [6, 6.07) is 20.0. The molecule has 6 nitrogen and oxygen atoms in total. The standard InChI is InChI=1S/C20H17N3O3/c1-14-11-15(20(24)19(12-14)23(25)26)13-21-16-7-9-18(10-8-16)22-17-5-3-2-4-6-17/h2-13,22,24H,1H3/p-1. The molecule has 0 radical (unpaired) electrons. The second-order valence-corrected chi connectivity index (χ2v) is 5.76. The molecule has 1 N–H and O–H groups in total. The van der Waals surface area contributed by atoms with Crippen LogP contribution in [0, 0.1) is 17.0 Å². The topological polar surface area (TPSA) is 90.6 Å². The fourth-order valence-corrected chi connectivity index (χ4v) is 2.48. The van der Waals surface area contributed by atoms with Gasteiger partial charge < -0.3 is 10.4 Å². The van der Waals surface area contributed by atoms with Gasteiger partial charge in [0.2, 0.25) is 0 Å². The number of hydrogen-bond acceptors (Lipinski definition) is 5. The van der Waals surface area contributed by atoms with Gasteiger partial charge in [0.1, 0.15) is 0 Å². The number of para-hydroxylation sites is 1. The number of nitro groups is 1. The normalized spacial score (nSPS) is 10.8. The van der Waals surface area contributed by atoms with E-state index in [0.717, 1.165) is 11.4 Å². The van der Waals surface area contributed by atoms with Crippen molar-refractivity contribution in [1.82, 2.24) is 0 Å². The van der Waals surface area contributed by atoms with Gasteiger partial charge in [0.05, 0.1) is 10.6 Å². The maximum absolute atomic E-state index is 12.1. The average molecular weight is 346 g/mol. The summed E-state index contributed by atoms with van der Waals surface area (Å²) < 4.78 is 0. The predicted octanol–water partition coefficient (Wildman–Crippen LogP) is 4.47. The quantitative estimate of drug-likeness (QED) is 0.419. The van der Waals surface area contributed by atoms with E-state index in [9.17, 15) is 15.2 Å². The molecule has 0 spiro atoms. The molecule has 0 fully saturated rings. The monoisotopic (exact) mass is 346 g/mol. The number of anilines is 2. The fraction of sp³-hybridized carbons (Fsp3) is 0.0500. The zero-order valence-electron chi connectivity index (χ0n) is 14.0. The number of aryl methyl sites for hydroxylation is 1. The SMILES string of the molecule is Cc1cc(C=Nc2ccc(Nc3ccccc3)cc2)c([O-])c([N+](=O)[O-])c1. The predicted molar refractivity (Wildman–Crippen MR) is 101 cm³/mol. The van der Waals surface area contributed by atoms with Crippen molar-refractivity contribution in [2.24, 2.45) is 4.99 Å². The summed E-state index contributed by atoms with van der Waals surface area (Å²) in [6.45, 7) is 1.70. The third kappa shape index (κ3) is 4.05. The molecular weight excluding hydrogens is 330 g/mol. The molecule has 0 aliphatic heterocycles. The minimum absolute atomic E-state index is 0.197. The van der Waals surface area contributed by atoms with E-state index in [1.165, 1.54) is 12.3 Å². The van der Waals surface area contributed by atoms with E-state index in [1.54, 1.807) is 25.1 Å². The van der Waals surface area contributed by atoms with Gasteiger partial charge in [0.25, 0.3) is 5.69 Å². The number of rotatable bonds is 5. The average Bonchev–Trinajstić information content (AvgIpc) is 2.64. The van der Waals surface area contributed by atoms with Crippen molar-refractivity contribution < 1.29 is 10.0 Å². The molecule has 6 heteroatoms. The van der Waals surface area contributed by atoms with Gasteiger partial charge in [-0.1, -0.05) is 24.3 Å². The zero-order chi connectivity index (χ0) is 18.5. The Morgan fingerprint density at radius 2 is 1.65 bits per heavy atom. The Morgan fingerprint density at radius 3 is 2.31 bits per heavy atom. The first kappa shape index (κ1) is 17.2. The highest BCUT2D eigenvalue weighted by Crippen LogP contribution is 2.28. The summed E-state index contributed by atoms with van der Waals surface area (Å²) in [5, 5.41) is 26.3. The van der Waals surface area contributed by atoms with Crippen molar-refractivity contribution in [2.45, 2.75) is 6.92 Å². The largest absolute Gasteiger partial charge is 0.867 e. The van der Waals surface area contributed by atoms with Gasteiger partial charge in [-0.3, -0.25) is 15.1 Å². The Kier molecular flexibility index (Phi) is 4.94. The first-order valence-electron chi connectivity index (χ1n) is 7.95. The van der Waals surface area contributed by atoms with Gasteiger partial charge in [0, 0.05) is 23.7 Å². The van der Waals surface area contributed by atoms with E-state index in [-0.39, 0.29) is 5.56 Å². The first-order chi connectivity index (χ1) is 12.5. The molecule has 0 heterocycles. The van der Waals surface area contributed by atoms with Crippen LogP contribution in [0.5, 0.6) is 5.75 Å². The fourth-order valence-electron chi connectivity index (χ4n) is 2.48. The van der Waals surface area contributed by atoms with Crippen LogP contribution in [0.1, 0.15) is 11.1 Å². The smallest absolute Gasteiger partial charge is 0.262 e. The molecule has 0 amide bonds. The van der Waals surface area contributed by atoms with E-state index in [0.29, 0.717) is 11.3 Å². The van der Waals surface area contributed by atoms with Crippen LogP contribution < -0.4 is 10.4 Å². The van der Waals surface area contributed by atoms with Gasteiger partial charge in [-0.05, 0) is 60.2 Å². The summed E-state index contributed by atoms with van der Waals surface area (Å²) in [5.41, 5.74) is 2.93. The van der Waals surface area contributed by atoms with E-state index in [2.05, 4.69) is 10.3 Å². The molecule has 26 heavy (non-hydrogen) atoms. The number of nitro benzene ring substituents is 1. The van der Waals surface area contributed by atoms with Crippen LogP contribution in [0.2, 0.25) is 0 Å². The molecule has 0 saturated heterocycles. The number of hydrogen-bond donors (Lipinski definition) is 1. The lowest BCUT2D eigenvalue weighted by molar-refractivity contribution is -0.398. The molecule has 0 unspecified atom stereocenters. The van der Waals surface area contributed by atoms with Crippen LogP contribution in [0.15, 0.2) is 71.7 Å². The van der Waals surface area contributed by atoms with Crippen LogP contribution >= 0.6 is 0 Å². The highest BCUT2D eigenvalue weighted by Gasteiger charge is 2.10. The summed E-state index contributed by atoms with van der Waals surface area (Å²) >= 11 is 0. The van der Waals surface area contributed by atoms with Crippen LogP contribution in [0.25, 0.3) is 0 Å². The molecule has 130 valence electrons. The van der Waals surface area contributed by atoms with E-state index in [4.69, 9.17) is 0 Å². The van der Waals surface area contributed by atoms with Crippen LogP contribution in [0.3, 0.4) is 0 Å². The molecule has 3 aromatic carbocycles. The van der Waals surface area contributed by atoms with Crippen LogP contribution in [0.4, 0.5) is 22.7 Å². The van der Waals surface area contributed by atoms with Crippen LogP contribution in [-0.2, 0) is 0 Å². The lowest BCUT2D eigenvalue weighted by Crippen LogP contribution is -2.02. The van der Waals surface area contributed by atoms with E-state index < -0.39 is 16.4 Å². The third-order valence-corrected chi connectivity index (χ3v) is 3.72. The summed E-state index contributed by atoms with van der Waals surface area (Å²) in [4.78, 5) is 14.5. The number of benzene rings is 3. The summed E-state index contributed by atoms with van der Waals surface area (Å²) in [5.74, 6) is -0.633. The van der Waals surface area contributed by atoms with Crippen molar-refractivity contribution in [3.63, 3.8) is 0 Å². The molecule has 0 atom stereocenters. The Balaban J connectivity index is 1.78. The molecule has 0 aromatic heterocycles. The number of nitrogens with one attached hydrogen (secondary N) is 1. The molecule has 0 aliphatic carbocycles. The highest BCUT2D eigenvalue weighted by atomic mass is 16.6. The molecule has 3 aromatic rings. The minimum atomic E-state index is -0.670. The molecule has 0 bridgehead atoms. The third-order valence-electron chi connectivity index (χ3n) is 3.72. The van der Waals surface area contributed by atoms with Gasteiger partial charge in [-0.25, -0.2) is 0 Å². The lowest BCUT2D eigenvalue weighted by atomic mass is 10.1. The van der Waals surface area contributed by atoms with E-state index >= 15 is 0 Å². The Bertz CT molecular complexity index is 952. The minimum Gasteiger partial charge on any atom is -0.867 e. The Labute approximate surface area is 150 Å². The van der Waals surface area contributed by atoms with Crippen molar-refractivity contribution in [3.05, 3.63) is 88.0 Å². The number of nitrogens with zero attached hydrogens (tertiary/aromatic N) is 2. The van der Waals surface area contributed by atoms with Gasteiger partial charge >= 0.3 is 0 Å². The Morgan fingerprint density at radius 1 is 1.00 bits per heavy atom. The van der Waals surface area contributed by atoms with Crippen molar-refractivity contribution in [1.29, 1.82) is 0 Å². The highest BCUT2D eigenvalue weighted by molar-refractivity contribution is 5.87. The van der Waals surface area contributed by atoms with E-state index in [1.807, 2.05) is 42.5 Å². The Hall–Kier alpha value is -3.67. The van der Waals surface area contributed by atoms with Crippen molar-refractivity contribution >= 4 is 29.0 Å². The van der Waals surface area contributed by atoms with Crippen molar-refractivity contribution in [3.8, 4) is 5.75 Å². The molecular formula is C20H16N3O3-. The first-order valence-corrected chi connectivity index (χ1v) is 7.95.